The maximum atomic E-state index is 11.1. The highest BCUT2D eigenvalue weighted by atomic mass is 16.1. The minimum Gasteiger partial charge on any atom is -0.356 e. The van der Waals surface area contributed by atoms with E-state index in [1.807, 2.05) is 13.8 Å². The summed E-state index contributed by atoms with van der Waals surface area (Å²) in [5.74, 6) is 0.562. The number of rotatable bonds is 14. The van der Waals surface area contributed by atoms with E-state index < -0.39 is 0 Å². The minimum absolute atomic E-state index is 0.159. The Labute approximate surface area is 124 Å². The van der Waals surface area contributed by atoms with Crippen molar-refractivity contribution in [3.8, 4) is 0 Å². The molecule has 0 saturated carbocycles. The monoisotopic (exact) mass is 283 g/mol. The Balaban J connectivity index is 3.06. The van der Waals surface area contributed by atoms with Gasteiger partial charge in [-0.15, -0.1) is 0 Å². The summed E-state index contributed by atoms with van der Waals surface area (Å²) in [4.78, 5) is 22.1. The van der Waals surface area contributed by atoms with Gasteiger partial charge in [-0.2, -0.15) is 0 Å². The molecule has 0 atom stereocenters. The summed E-state index contributed by atoms with van der Waals surface area (Å²) in [7, 11) is 0. The molecule has 0 saturated heterocycles. The lowest BCUT2D eigenvalue weighted by Crippen LogP contribution is -2.23. The second-order valence-corrected chi connectivity index (χ2v) is 5.53. The summed E-state index contributed by atoms with van der Waals surface area (Å²) in [6, 6.07) is 0. The molecule has 1 amide bonds. The highest BCUT2D eigenvalue weighted by Gasteiger charge is 1.98. The number of ketones is 1. The first-order valence-electron chi connectivity index (χ1n) is 8.49. The van der Waals surface area contributed by atoms with Gasteiger partial charge in [0.15, 0.2) is 0 Å². The van der Waals surface area contributed by atoms with E-state index in [2.05, 4.69) is 5.32 Å². The van der Waals surface area contributed by atoms with Crippen molar-refractivity contribution >= 4 is 11.7 Å². The van der Waals surface area contributed by atoms with Crippen molar-refractivity contribution in [2.24, 2.45) is 0 Å². The van der Waals surface area contributed by atoms with Crippen LogP contribution in [-0.2, 0) is 9.59 Å². The largest absolute Gasteiger partial charge is 0.356 e. The van der Waals surface area contributed by atoms with Crippen molar-refractivity contribution < 1.29 is 9.59 Å². The van der Waals surface area contributed by atoms with E-state index in [1.165, 1.54) is 44.9 Å². The first-order valence-corrected chi connectivity index (χ1v) is 8.49. The molecule has 0 rings (SSSR count). The molecule has 0 spiro atoms. The van der Waals surface area contributed by atoms with E-state index >= 15 is 0 Å². The summed E-state index contributed by atoms with van der Waals surface area (Å²) < 4.78 is 0. The molecule has 0 aliphatic carbocycles. The van der Waals surface area contributed by atoms with E-state index in [9.17, 15) is 9.59 Å². The van der Waals surface area contributed by atoms with Gasteiger partial charge >= 0.3 is 0 Å². The van der Waals surface area contributed by atoms with Crippen LogP contribution in [0.1, 0.15) is 90.9 Å². The van der Waals surface area contributed by atoms with Crippen molar-refractivity contribution in [2.75, 3.05) is 6.54 Å². The third-order valence-electron chi connectivity index (χ3n) is 3.67. The summed E-state index contributed by atoms with van der Waals surface area (Å²) in [5.41, 5.74) is 0. The fourth-order valence-electron chi connectivity index (χ4n) is 2.21. The average Bonchev–Trinajstić information content (AvgIpc) is 2.47. The van der Waals surface area contributed by atoms with Crippen molar-refractivity contribution in [2.45, 2.75) is 90.9 Å². The van der Waals surface area contributed by atoms with Gasteiger partial charge in [0.2, 0.25) is 5.91 Å². The maximum absolute atomic E-state index is 11.1. The van der Waals surface area contributed by atoms with E-state index in [1.54, 1.807) is 0 Å². The van der Waals surface area contributed by atoms with Gasteiger partial charge in [0, 0.05) is 25.8 Å². The van der Waals surface area contributed by atoms with Crippen LogP contribution in [0.25, 0.3) is 0 Å². The standard InChI is InChI=1S/C17H33NO2/c1-3-16(19)14-12-10-8-6-5-7-9-11-13-15-18-17(20)4-2/h3-15H2,1-2H3,(H,18,20). The number of hydrogen-bond acceptors (Lipinski definition) is 2. The fourth-order valence-corrected chi connectivity index (χ4v) is 2.21. The highest BCUT2D eigenvalue weighted by Crippen LogP contribution is 2.10. The molecule has 0 bridgehead atoms. The number of Topliss-reactive ketones (excluding diaryl/α,β-unsaturated/α-hetero) is 1. The van der Waals surface area contributed by atoms with Crippen molar-refractivity contribution in [3.63, 3.8) is 0 Å². The topological polar surface area (TPSA) is 46.2 Å². The van der Waals surface area contributed by atoms with Gasteiger partial charge in [-0.1, -0.05) is 58.8 Å². The molecule has 0 heterocycles. The number of nitrogens with one attached hydrogen (secondary N) is 1. The van der Waals surface area contributed by atoms with Crippen LogP contribution in [-0.4, -0.2) is 18.2 Å². The number of unbranched alkanes of at least 4 members (excludes halogenated alkanes) is 8. The zero-order chi connectivity index (χ0) is 15.1. The maximum Gasteiger partial charge on any atom is 0.219 e. The molecule has 0 unspecified atom stereocenters. The first-order chi connectivity index (χ1) is 9.70. The number of amides is 1. The van der Waals surface area contributed by atoms with E-state index in [0.29, 0.717) is 18.6 Å². The van der Waals surface area contributed by atoms with Crippen LogP contribution >= 0.6 is 0 Å². The zero-order valence-corrected chi connectivity index (χ0v) is 13.5. The Hall–Kier alpha value is -0.860. The molecule has 0 aromatic heterocycles. The lowest BCUT2D eigenvalue weighted by molar-refractivity contribution is -0.121. The molecule has 1 N–H and O–H groups in total. The molecule has 3 nitrogen and oxygen atoms in total. The van der Waals surface area contributed by atoms with Crippen LogP contribution in [0, 0.1) is 0 Å². The second-order valence-electron chi connectivity index (χ2n) is 5.53. The molecule has 0 aliphatic heterocycles. The lowest BCUT2D eigenvalue weighted by Gasteiger charge is -2.04. The fraction of sp³-hybridized carbons (Fsp3) is 0.882. The van der Waals surface area contributed by atoms with Gasteiger partial charge in [-0.25, -0.2) is 0 Å². The third kappa shape index (κ3) is 13.6. The predicted octanol–water partition coefficient (Wildman–Crippen LogP) is 4.39. The van der Waals surface area contributed by atoms with Crippen molar-refractivity contribution in [1.29, 1.82) is 0 Å². The number of carbonyl (C=O) groups excluding carboxylic acids is 2. The van der Waals surface area contributed by atoms with Gasteiger partial charge in [0.1, 0.15) is 5.78 Å². The summed E-state index contributed by atoms with van der Waals surface area (Å²) in [5, 5.41) is 2.90. The molecule has 0 aromatic carbocycles. The molecule has 20 heavy (non-hydrogen) atoms. The molecule has 3 heteroatoms. The number of carbonyl (C=O) groups is 2. The van der Waals surface area contributed by atoms with Crippen LogP contribution in [0.3, 0.4) is 0 Å². The summed E-state index contributed by atoms with van der Waals surface area (Å²) in [6.45, 7) is 4.65. The smallest absolute Gasteiger partial charge is 0.219 e. The van der Waals surface area contributed by atoms with Gasteiger partial charge in [-0.05, 0) is 12.8 Å². The van der Waals surface area contributed by atoms with Crippen molar-refractivity contribution in [1.82, 2.24) is 5.32 Å². The van der Waals surface area contributed by atoms with Crippen LogP contribution in [0.2, 0.25) is 0 Å². The summed E-state index contributed by atoms with van der Waals surface area (Å²) in [6.07, 6.45) is 13.1. The Bertz CT molecular complexity index is 225. The van der Waals surface area contributed by atoms with Crippen LogP contribution in [0.15, 0.2) is 0 Å². The van der Waals surface area contributed by atoms with Gasteiger partial charge < -0.3 is 5.32 Å². The number of hydrogen-bond donors (Lipinski definition) is 1. The van der Waals surface area contributed by atoms with Crippen LogP contribution < -0.4 is 5.32 Å². The third-order valence-corrected chi connectivity index (χ3v) is 3.67. The Morgan fingerprint density at radius 3 is 1.70 bits per heavy atom. The van der Waals surface area contributed by atoms with E-state index in [4.69, 9.17) is 0 Å². The molecular formula is C17H33NO2. The van der Waals surface area contributed by atoms with Gasteiger partial charge in [-0.3, -0.25) is 9.59 Å². The molecule has 0 aliphatic rings. The summed E-state index contributed by atoms with van der Waals surface area (Å²) >= 11 is 0. The van der Waals surface area contributed by atoms with Crippen LogP contribution in [0.5, 0.6) is 0 Å². The Kier molecular flexibility index (Phi) is 13.9. The van der Waals surface area contributed by atoms with Gasteiger partial charge in [0.05, 0.1) is 0 Å². The average molecular weight is 283 g/mol. The first kappa shape index (κ1) is 19.1. The minimum atomic E-state index is 0.159. The molecule has 0 radical (unpaired) electrons. The Morgan fingerprint density at radius 2 is 1.20 bits per heavy atom. The lowest BCUT2D eigenvalue weighted by atomic mass is 10.0. The molecule has 0 aromatic rings. The molecule has 0 fully saturated rings. The second kappa shape index (κ2) is 14.5. The molecule has 118 valence electrons. The van der Waals surface area contributed by atoms with Crippen molar-refractivity contribution in [3.05, 3.63) is 0 Å². The zero-order valence-electron chi connectivity index (χ0n) is 13.5. The van der Waals surface area contributed by atoms with Crippen LogP contribution in [0.4, 0.5) is 0 Å². The van der Waals surface area contributed by atoms with E-state index in [0.717, 1.165) is 25.8 Å². The SMILES string of the molecule is CCC(=O)CCCCCCCCCCCNC(=O)CC. The highest BCUT2D eigenvalue weighted by molar-refractivity contribution is 5.77. The quantitative estimate of drug-likeness (QED) is 0.480. The molecular weight excluding hydrogens is 250 g/mol. The normalized spacial score (nSPS) is 10.5. The van der Waals surface area contributed by atoms with E-state index in [-0.39, 0.29) is 5.91 Å². The van der Waals surface area contributed by atoms with Gasteiger partial charge in [0.25, 0.3) is 0 Å². The Morgan fingerprint density at radius 1 is 0.700 bits per heavy atom. The predicted molar refractivity (Wildman–Crippen MR) is 84.8 cm³/mol.